The summed E-state index contributed by atoms with van der Waals surface area (Å²) in [5.74, 6) is 1.84. The minimum absolute atomic E-state index is 0.00194. The Bertz CT molecular complexity index is 876. The van der Waals surface area contributed by atoms with E-state index in [-0.39, 0.29) is 18.3 Å². The van der Waals surface area contributed by atoms with Crippen LogP contribution in [0.5, 0.6) is 11.5 Å². The Morgan fingerprint density at radius 2 is 2.07 bits per heavy atom. The quantitative estimate of drug-likeness (QED) is 0.737. The Kier molecular flexibility index (Phi) is 5.48. The molecule has 2 aliphatic heterocycles. The van der Waals surface area contributed by atoms with Crippen molar-refractivity contribution in [2.45, 2.75) is 19.3 Å². The lowest BCUT2D eigenvalue weighted by Crippen LogP contribution is -2.39. The molecule has 0 saturated carbocycles. The first kappa shape index (κ1) is 18.7. The first-order valence-corrected chi connectivity index (χ1v) is 9.77. The lowest BCUT2D eigenvalue weighted by atomic mass is 9.96. The second kappa shape index (κ2) is 8.19. The van der Waals surface area contributed by atoms with Crippen LogP contribution in [0.15, 0.2) is 36.5 Å². The van der Waals surface area contributed by atoms with Crippen molar-refractivity contribution in [1.82, 2.24) is 9.88 Å². The summed E-state index contributed by atoms with van der Waals surface area (Å²) in [7, 11) is 0. The van der Waals surface area contributed by atoms with Crippen LogP contribution in [0.2, 0.25) is 5.15 Å². The number of fused-ring (bicyclic) bond motifs is 1. The number of rotatable bonds is 4. The van der Waals surface area contributed by atoms with Gasteiger partial charge in [0.2, 0.25) is 0 Å². The van der Waals surface area contributed by atoms with Gasteiger partial charge in [-0.05, 0) is 49.1 Å². The molecule has 2 aromatic rings. The first-order chi connectivity index (χ1) is 13.6. The highest BCUT2D eigenvalue weighted by Crippen LogP contribution is 2.26. The first-order valence-electron chi connectivity index (χ1n) is 9.39. The van der Waals surface area contributed by atoms with Gasteiger partial charge in [0.1, 0.15) is 23.3 Å². The number of carbonyl (C=O) groups is 2. The minimum Gasteiger partial charge on any atom is -0.492 e. The Morgan fingerprint density at radius 3 is 2.82 bits per heavy atom. The molecule has 6 nitrogen and oxygen atoms in total. The van der Waals surface area contributed by atoms with E-state index in [4.69, 9.17) is 21.1 Å². The van der Waals surface area contributed by atoms with E-state index in [1.54, 1.807) is 36.5 Å². The van der Waals surface area contributed by atoms with Crippen molar-refractivity contribution >= 4 is 23.3 Å². The molecule has 28 heavy (non-hydrogen) atoms. The van der Waals surface area contributed by atoms with Crippen molar-refractivity contribution in [2.75, 3.05) is 26.3 Å². The lowest BCUT2D eigenvalue weighted by molar-refractivity contribution is -0.121. The zero-order valence-electron chi connectivity index (χ0n) is 15.4. The van der Waals surface area contributed by atoms with Gasteiger partial charge in [-0.3, -0.25) is 9.59 Å². The van der Waals surface area contributed by atoms with E-state index >= 15 is 0 Å². The molecular weight excluding hydrogens is 380 g/mol. The number of Topliss-reactive ketones (excluding diaryl/α,β-unsaturated/α-hetero) is 1. The summed E-state index contributed by atoms with van der Waals surface area (Å²) >= 11 is 5.78. The van der Waals surface area contributed by atoms with Gasteiger partial charge >= 0.3 is 0 Å². The maximum absolute atomic E-state index is 12.8. The Balaban J connectivity index is 1.31. The van der Waals surface area contributed by atoms with E-state index in [0.717, 1.165) is 18.4 Å². The van der Waals surface area contributed by atoms with Gasteiger partial charge in [-0.1, -0.05) is 11.6 Å². The van der Waals surface area contributed by atoms with Crippen molar-refractivity contribution in [3.05, 3.63) is 52.8 Å². The number of halogens is 1. The van der Waals surface area contributed by atoms with Crippen LogP contribution in [0.3, 0.4) is 0 Å². The molecule has 146 valence electrons. The Morgan fingerprint density at radius 1 is 1.25 bits per heavy atom. The molecule has 0 radical (unpaired) electrons. The van der Waals surface area contributed by atoms with E-state index in [1.165, 1.54) is 0 Å². The van der Waals surface area contributed by atoms with Gasteiger partial charge in [-0.25, -0.2) is 4.98 Å². The number of pyridine rings is 1. The number of hydrogen-bond donors (Lipinski definition) is 0. The van der Waals surface area contributed by atoms with Crippen LogP contribution in [-0.2, 0) is 11.2 Å². The lowest BCUT2D eigenvalue weighted by Gasteiger charge is -2.32. The Hall–Kier alpha value is -2.60. The summed E-state index contributed by atoms with van der Waals surface area (Å²) in [5.41, 5.74) is 1.40. The van der Waals surface area contributed by atoms with Crippen LogP contribution >= 0.6 is 11.6 Å². The minimum atomic E-state index is 0.00194. The highest BCUT2D eigenvalue weighted by Gasteiger charge is 2.25. The molecule has 3 heterocycles. The number of carbonyl (C=O) groups excluding carboxylic acids is 2. The number of hydrogen-bond acceptors (Lipinski definition) is 5. The van der Waals surface area contributed by atoms with Gasteiger partial charge in [-0.2, -0.15) is 0 Å². The van der Waals surface area contributed by atoms with E-state index in [0.29, 0.717) is 54.3 Å². The molecule has 0 aliphatic carbocycles. The number of aromatic nitrogens is 1. The molecule has 7 heteroatoms. The third-order valence-electron chi connectivity index (χ3n) is 5.17. The maximum atomic E-state index is 12.8. The summed E-state index contributed by atoms with van der Waals surface area (Å²) in [6.45, 7) is 2.10. The van der Waals surface area contributed by atoms with E-state index < -0.39 is 0 Å². The van der Waals surface area contributed by atoms with Crippen LogP contribution < -0.4 is 9.47 Å². The van der Waals surface area contributed by atoms with Crippen LogP contribution in [0.25, 0.3) is 0 Å². The molecule has 1 amide bonds. The smallest absolute Gasteiger partial charge is 0.253 e. The second-order valence-electron chi connectivity index (χ2n) is 7.19. The molecular formula is C21H21ClN2O4. The van der Waals surface area contributed by atoms with Gasteiger partial charge in [0.05, 0.1) is 12.8 Å². The normalized spacial score (nSPS) is 17.0. The third-order valence-corrected chi connectivity index (χ3v) is 5.39. The fourth-order valence-electron chi connectivity index (χ4n) is 3.56. The summed E-state index contributed by atoms with van der Waals surface area (Å²) < 4.78 is 11.2. The molecule has 0 bridgehead atoms. The maximum Gasteiger partial charge on any atom is 0.253 e. The van der Waals surface area contributed by atoms with Gasteiger partial charge in [-0.15, -0.1) is 0 Å². The van der Waals surface area contributed by atoms with E-state index in [9.17, 15) is 9.59 Å². The molecule has 2 aliphatic rings. The van der Waals surface area contributed by atoms with Crippen LogP contribution in [0.1, 0.15) is 28.8 Å². The monoisotopic (exact) mass is 400 g/mol. The third kappa shape index (κ3) is 4.28. The molecule has 0 N–H and O–H groups in total. The average Bonchev–Trinajstić information content (AvgIpc) is 2.72. The summed E-state index contributed by atoms with van der Waals surface area (Å²) in [6, 6.07) is 8.86. The fourth-order valence-corrected chi connectivity index (χ4v) is 3.67. The van der Waals surface area contributed by atoms with Crippen molar-refractivity contribution in [2.24, 2.45) is 5.92 Å². The number of likely N-dealkylation sites (tertiary alicyclic amines) is 1. The summed E-state index contributed by atoms with van der Waals surface area (Å²) in [5, 5.41) is 0.442. The molecule has 1 aromatic heterocycles. The van der Waals surface area contributed by atoms with Crippen LogP contribution in [0.4, 0.5) is 0 Å². The van der Waals surface area contributed by atoms with Crippen molar-refractivity contribution < 1.29 is 19.1 Å². The van der Waals surface area contributed by atoms with Crippen LogP contribution in [0, 0.1) is 5.92 Å². The van der Waals surface area contributed by atoms with E-state index in [2.05, 4.69) is 4.98 Å². The van der Waals surface area contributed by atoms with Crippen molar-refractivity contribution in [1.29, 1.82) is 0 Å². The number of benzene rings is 1. The van der Waals surface area contributed by atoms with Crippen molar-refractivity contribution in [3.8, 4) is 11.5 Å². The zero-order chi connectivity index (χ0) is 19.5. The summed E-state index contributed by atoms with van der Waals surface area (Å²) in [6.07, 6.45) is 3.72. The average molecular weight is 401 g/mol. The number of ketones is 1. The SMILES string of the molecule is O=C1COc2ccc(C(=O)N3CCC(COc4ccc(Cl)nc4)CC3)cc2C1. The van der Waals surface area contributed by atoms with Gasteiger partial charge < -0.3 is 14.4 Å². The second-order valence-corrected chi connectivity index (χ2v) is 7.58. The predicted molar refractivity (Wildman–Crippen MR) is 104 cm³/mol. The standard InChI is InChI=1S/C21H21ClN2O4/c22-20-4-2-18(11-23-20)27-12-14-5-7-24(8-6-14)21(26)15-1-3-19-16(9-15)10-17(25)13-28-19/h1-4,9,11,14H,5-8,10,12-13H2. The molecule has 0 spiro atoms. The zero-order valence-corrected chi connectivity index (χ0v) is 16.2. The highest BCUT2D eigenvalue weighted by molar-refractivity contribution is 6.29. The number of nitrogens with zero attached hydrogens (tertiary/aromatic N) is 2. The molecule has 1 saturated heterocycles. The van der Waals surface area contributed by atoms with Gasteiger partial charge in [0.15, 0.2) is 5.78 Å². The molecule has 1 fully saturated rings. The number of piperidine rings is 1. The highest BCUT2D eigenvalue weighted by atomic mass is 35.5. The molecule has 0 unspecified atom stereocenters. The largest absolute Gasteiger partial charge is 0.492 e. The predicted octanol–water partition coefficient (Wildman–Crippen LogP) is 3.17. The molecule has 0 atom stereocenters. The van der Waals surface area contributed by atoms with Gasteiger partial charge in [0.25, 0.3) is 5.91 Å². The molecule has 1 aromatic carbocycles. The van der Waals surface area contributed by atoms with E-state index in [1.807, 2.05) is 4.90 Å². The number of ether oxygens (including phenoxy) is 2. The van der Waals surface area contributed by atoms with Crippen LogP contribution in [-0.4, -0.2) is 47.9 Å². The van der Waals surface area contributed by atoms with Gasteiger partial charge in [0, 0.05) is 30.6 Å². The Labute approximate surface area is 168 Å². The number of amides is 1. The molecule has 4 rings (SSSR count). The van der Waals surface area contributed by atoms with Crippen molar-refractivity contribution in [3.63, 3.8) is 0 Å². The fraction of sp³-hybridized carbons (Fsp3) is 0.381. The summed E-state index contributed by atoms with van der Waals surface area (Å²) in [4.78, 5) is 30.3. The topological polar surface area (TPSA) is 68.7 Å².